The average Bonchev–Trinajstić information content (AvgIpc) is 0.843. The molecule has 0 radical (unpaired) electrons. The Labute approximate surface area is 849 Å². The van der Waals surface area contributed by atoms with E-state index in [1.165, 1.54) is 69.3 Å². The van der Waals surface area contributed by atoms with Crippen molar-refractivity contribution >= 4 is 167 Å². The number of amides is 19. The molecule has 0 aromatic heterocycles. The van der Waals surface area contributed by atoms with Crippen LogP contribution in [0.15, 0.2) is 78.9 Å². The summed E-state index contributed by atoms with van der Waals surface area (Å²) in [7, 11) is 0. The molecule has 0 aliphatic rings. The summed E-state index contributed by atoms with van der Waals surface area (Å²) in [6.45, 7) is 11.1. The van der Waals surface area contributed by atoms with Crippen LogP contribution in [0.3, 0.4) is 0 Å². The molecule has 0 unspecified atom stereocenters. The number of hydrogen-bond donors (Lipinski definition) is 31. The van der Waals surface area contributed by atoms with Gasteiger partial charge in [-0.15, -0.1) is 0 Å². The first-order valence-electron chi connectivity index (χ1n) is 46.3. The van der Waals surface area contributed by atoms with Crippen LogP contribution in [0.1, 0.15) is 144 Å². The van der Waals surface area contributed by atoms with Gasteiger partial charge in [0, 0.05) is 30.8 Å². The molecule has 0 aliphatic carbocycles. The summed E-state index contributed by atoms with van der Waals surface area (Å²) in [5.74, 6) is -32.7. The highest BCUT2D eigenvalue weighted by Crippen LogP contribution is 2.19. The lowest BCUT2D eigenvalue weighted by molar-refractivity contribution is -0.143. The number of aromatic hydroxyl groups is 2. The summed E-state index contributed by atoms with van der Waals surface area (Å²) in [6, 6.07) is -10.3. The standard InChI is InChI=1S/C91H133N21O32S2/c1-11-43(5)72(89(142)106-58(33-66(118)119)78(131)96-39-70(126)127)111-86(139)61(36-69(124)125)107-90(143)73(44(6)12-2)110-85(138)60(35-68(122)123)104-80(133)54(20-16-17-29-92)102-82(135)55(31-50-21-25-52(114)26-22-50)100-64(116)37-94-75(128)45(7)98-87(140)63(41-146)108-84(137)56(30-49-18-14-13-15-19-49)103-83(136)57(32-51-23-27-53(115)28-24-51)105-91(144)74(48(10)113)112-77(130)47(9)97-76(129)46(8)99-81(134)59(34-67(120)121)101-65(117)38-95-79(132)62(40-145)109-88(141)71(93)42(3)4/h13-15,18-19,21-28,42-48,54-63,71-74,113-115,145-146H,11-12,16-17,20,29-41,92-93H2,1-10H3,(H,94,128)(H,95,132)(H,96,131)(H,97,129)(H,98,140)(H,99,134)(H,100,116)(H,101,117)(H,102,135)(H,103,136)(H,104,133)(H,105,144)(H,106,142)(H,107,143)(H,108,137)(H,109,141)(H,110,138)(H,111,139)(H,112,130)(H,118,119)(H,120,121)(H,122,123)(H,124,125)(H,126,127)/t43-,44-,45-,46-,47-,48+,54-,55-,56-,57-,58-,59-,60-,61-,62-,63-,71-,72-,73-,74-/m0/s1. The van der Waals surface area contributed by atoms with Crippen molar-refractivity contribution in [2.45, 2.75) is 255 Å². The Morgan fingerprint density at radius 2 is 0.589 bits per heavy atom. The number of benzene rings is 3. The van der Waals surface area contributed by atoms with Crippen LogP contribution in [0.25, 0.3) is 0 Å². The number of rotatable bonds is 65. The van der Waals surface area contributed by atoms with Crippen molar-refractivity contribution in [1.82, 2.24) is 101 Å². The SMILES string of the molecule is CC[C@H](C)[C@H](NC(=O)[C@H](CC(=O)O)NC(=O)[C@@H](NC(=O)[C@H](CC(=O)O)NC(=O)[C@H](CCCCN)NC(=O)[C@H](Cc1ccc(O)cc1)NC(=O)CNC(=O)[C@H](C)NC(=O)[C@H](CS)NC(=O)[C@H](Cc1ccccc1)NC(=O)[C@H](Cc1ccc(O)cc1)NC(=O)[C@@H](NC(=O)[C@H](C)NC(=O)[C@H](C)NC(=O)[C@H](CC(=O)O)NC(=O)CNC(=O)[C@H](CS)NC(=O)[C@@H](N)C(C)C)[C@@H](C)O)[C@@H](C)CC)C(=O)N[C@@H](CC(=O)O)C(=O)NCC(=O)O. The normalized spacial score (nSPS) is 15.1. The molecule has 806 valence electrons. The number of carbonyl (C=O) groups is 24. The van der Waals surface area contributed by atoms with Crippen LogP contribution in [0.2, 0.25) is 0 Å². The molecule has 0 spiro atoms. The quantitative estimate of drug-likeness (QED) is 0.0184. The molecule has 55 heteroatoms. The summed E-state index contributed by atoms with van der Waals surface area (Å²) >= 11 is 8.33. The van der Waals surface area contributed by atoms with Gasteiger partial charge in [-0.25, -0.2) is 0 Å². The second-order valence-corrected chi connectivity index (χ2v) is 35.4. The number of nitrogens with one attached hydrogen (secondary N) is 19. The number of phenolic OH excluding ortho intramolecular Hbond substituents is 2. The Morgan fingerprint density at radius 3 is 0.993 bits per heavy atom. The number of carboxylic acid groups (broad SMARTS) is 5. The smallest absolute Gasteiger partial charge is 0.322 e. The van der Waals surface area contributed by atoms with E-state index in [2.05, 4.69) is 121 Å². The molecule has 19 amide bonds. The number of carboxylic acids is 5. The molecule has 31 N–H and O–H groups in total. The van der Waals surface area contributed by atoms with Gasteiger partial charge in [-0.3, -0.25) is 115 Å². The molecule has 3 aromatic carbocycles. The highest BCUT2D eigenvalue weighted by molar-refractivity contribution is 7.80. The van der Waals surface area contributed by atoms with Gasteiger partial charge in [0.05, 0.1) is 50.9 Å². The van der Waals surface area contributed by atoms with Crippen molar-refractivity contribution in [3.05, 3.63) is 95.6 Å². The van der Waals surface area contributed by atoms with Gasteiger partial charge in [0.25, 0.3) is 0 Å². The molecule has 0 heterocycles. The lowest BCUT2D eigenvalue weighted by Gasteiger charge is -2.30. The van der Waals surface area contributed by atoms with E-state index < -0.39 is 327 Å². The highest BCUT2D eigenvalue weighted by Gasteiger charge is 2.42. The van der Waals surface area contributed by atoms with Gasteiger partial charge in [-0.1, -0.05) is 109 Å². The van der Waals surface area contributed by atoms with E-state index >= 15 is 0 Å². The molecule has 0 fully saturated rings. The highest BCUT2D eigenvalue weighted by atomic mass is 32.1. The first-order valence-corrected chi connectivity index (χ1v) is 47.6. The van der Waals surface area contributed by atoms with Crippen LogP contribution in [-0.4, -0.2) is 329 Å². The Balaban J connectivity index is 1.86. The molecular weight excluding hydrogens is 1960 g/mol. The second-order valence-electron chi connectivity index (χ2n) is 34.7. The Bertz CT molecular complexity index is 5070. The maximum atomic E-state index is 14.8. The number of nitrogens with two attached hydrogens (primary N) is 2. The third kappa shape index (κ3) is 45.0. The number of carbonyl (C=O) groups excluding carboxylic acids is 19. The van der Waals surface area contributed by atoms with Crippen molar-refractivity contribution in [3.8, 4) is 11.5 Å². The first kappa shape index (κ1) is 125. The lowest BCUT2D eigenvalue weighted by atomic mass is 9.96. The minimum absolute atomic E-state index is 0.0414. The largest absolute Gasteiger partial charge is 0.508 e. The number of aliphatic hydroxyl groups excluding tert-OH is 1. The summed E-state index contributed by atoms with van der Waals surface area (Å²) in [5.41, 5.74) is 12.6. The van der Waals surface area contributed by atoms with E-state index in [1.54, 1.807) is 58.0 Å². The predicted molar refractivity (Wildman–Crippen MR) is 521 cm³/mol. The number of aliphatic carboxylic acids is 5. The van der Waals surface area contributed by atoms with E-state index in [1.807, 2.05) is 5.32 Å². The fraction of sp³-hybridized carbons (Fsp3) is 0.538. The molecular formula is C91H133N21O32S2. The number of hydrogen-bond acceptors (Lipinski definition) is 31. The average molecular weight is 2100 g/mol. The monoisotopic (exact) mass is 2100 g/mol. The van der Waals surface area contributed by atoms with E-state index in [4.69, 9.17) is 16.6 Å². The summed E-state index contributed by atoms with van der Waals surface area (Å²) < 4.78 is 0. The fourth-order valence-corrected chi connectivity index (χ4v) is 14.0. The zero-order chi connectivity index (χ0) is 110. The van der Waals surface area contributed by atoms with Crippen LogP contribution < -0.4 is 112 Å². The first-order chi connectivity index (χ1) is 68.6. The second kappa shape index (κ2) is 63.3. The molecule has 3 rings (SSSR count). The van der Waals surface area contributed by atoms with E-state index in [-0.39, 0.29) is 79.4 Å². The van der Waals surface area contributed by atoms with E-state index in [0.717, 1.165) is 20.8 Å². The van der Waals surface area contributed by atoms with Gasteiger partial charge in [0.15, 0.2) is 0 Å². The third-order valence-corrected chi connectivity index (χ3v) is 23.1. The van der Waals surface area contributed by atoms with Crippen LogP contribution in [0, 0.1) is 17.8 Å². The molecule has 20 atom stereocenters. The minimum Gasteiger partial charge on any atom is -0.508 e. The van der Waals surface area contributed by atoms with Gasteiger partial charge in [0.2, 0.25) is 112 Å². The van der Waals surface area contributed by atoms with E-state index in [0.29, 0.717) is 5.56 Å². The summed E-state index contributed by atoms with van der Waals surface area (Å²) in [4.78, 5) is 322. The Kier molecular flexibility index (Phi) is 54.3. The zero-order valence-corrected chi connectivity index (χ0v) is 83.6. The molecule has 0 saturated carbocycles. The predicted octanol–water partition coefficient (Wildman–Crippen LogP) is -8.28. The van der Waals surface area contributed by atoms with Crippen molar-refractivity contribution in [1.29, 1.82) is 0 Å². The maximum Gasteiger partial charge on any atom is 0.322 e. The van der Waals surface area contributed by atoms with Crippen molar-refractivity contribution < 1.29 is 156 Å². The number of aliphatic hydroxyl groups is 1. The Hall–Kier alpha value is -14.9. The zero-order valence-electron chi connectivity index (χ0n) is 81.8. The summed E-state index contributed by atoms with van der Waals surface area (Å²) in [6.07, 6.45) is -7.26. The van der Waals surface area contributed by atoms with Crippen molar-refractivity contribution in [2.24, 2.45) is 29.2 Å². The van der Waals surface area contributed by atoms with Gasteiger partial charge in [-0.2, -0.15) is 25.3 Å². The van der Waals surface area contributed by atoms with Gasteiger partial charge < -0.3 is 153 Å². The number of thiol groups is 2. The molecule has 0 saturated heterocycles. The molecule has 3 aromatic rings. The van der Waals surface area contributed by atoms with Gasteiger partial charge in [-0.05, 0) is 112 Å². The summed E-state index contributed by atoms with van der Waals surface area (Å²) in [5, 5.41) is 123. The number of phenols is 2. The van der Waals surface area contributed by atoms with E-state index in [9.17, 15) is 151 Å². The van der Waals surface area contributed by atoms with Crippen LogP contribution >= 0.6 is 25.3 Å². The minimum atomic E-state index is -2.10. The topological polar surface area (TPSA) is 852 Å². The van der Waals surface area contributed by atoms with Gasteiger partial charge in [0.1, 0.15) is 115 Å². The fourth-order valence-electron chi connectivity index (χ4n) is 13.5. The molecule has 146 heavy (non-hydrogen) atoms. The molecule has 53 nitrogen and oxygen atoms in total. The van der Waals surface area contributed by atoms with Crippen molar-refractivity contribution in [2.75, 3.05) is 37.7 Å². The third-order valence-electron chi connectivity index (χ3n) is 22.4. The Morgan fingerprint density at radius 1 is 0.301 bits per heavy atom. The molecule has 0 bridgehead atoms. The van der Waals surface area contributed by atoms with Crippen molar-refractivity contribution in [3.63, 3.8) is 0 Å². The van der Waals surface area contributed by atoms with Crippen LogP contribution in [-0.2, 0) is 134 Å². The lowest BCUT2D eigenvalue weighted by Crippen LogP contribution is -2.62. The van der Waals surface area contributed by atoms with Crippen LogP contribution in [0.4, 0.5) is 0 Å². The number of unbranched alkanes of at least 4 members (excludes halogenated alkanes) is 1. The molecule has 0 aliphatic heterocycles. The van der Waals surface area contributed by atoms with Crippen LogP contribution in [0.5, 0.6) is 11.5 Å². The van der Waals surface area contributed by atoms with Gasteiger partial charge >= 0.3 is 29.8 Å². The maximum absolute atomic E-state index is 14.8.